The van der Waals surface area contributed by atoms with Gasteiger partial charge in [0.05, 0.1) is 20.1 Å². The molecule has 82 valence electrons. The van der Waals surface area contributed by atoms with Crippen LogP contribution in [-0.2, 0) is 4.79 Å². The number of methoxy groups -OCH3 is 1. The quantitative estimate of drug-likeness (QED) is 0.806. The predicted octanol–water partition coefficient (Wildman–Crippen LogP) is 1.04. The molecule has 0 fully saturated rings. The molecule has 0 radical (unpaired) electrons. The summed E-state index contributed by atoms with van der Waals surface area (Å²) in [6, 6.07) is 7.18. The molecule has 0 saturated carbocycles. The third-order valence-corrected chi connectivity index (χ3v) is 2.16. The molecule has 1 aromatic rings. The SMILES string of the molecule is COc1ccc(N(C)C(=O)CCO)cc1. The molecule has 0 spiro atoms. The summed E-state index contributed by atoms with van der Waals surface area (Å²) >= 11 is 0. The lowest BCUT2D eigenvalue weighted by Crippen LogP contribution is -2.26. The minimum atomic E-state index is -0.126. The van der Waals surface area contributed by atoms with Crippen molar-refractivity contribution in [1.82, 2.24) is 0 Å². The summed E-state index contributed by atoms with van der Waals surface area (Å²) in [5.74, 6) is 0.643. The van der Waals surface area contributed by atoms with Crippen LogP contribution in [0.2, 0.25) is 0 Å². The number of hydrogen-bond donors (Lipinski definition) is 1. The normalized spacial score (nSPS) is 9.80. The van der Waals surface area contributed by atoms with Crippen LogP contribution in [-0.4, -0.2) is 31.8 Å². The highest BCUT2D eigenvalue weighted by Gasteiger charge is 2.09. The Morgan fingerprint density at radius 2 is 2.00 bits per heavy atom. The molecule has 0 aromatic heterocycles. The monoisotopic (exact) mass is 209 g/mol. The molecule has 4 nitrogen and oxygen atoms in total. The number of aliphatic hydroxyl groups excluding tert-OH is 1. The van der Waals surface area contributed by atoms with Crippen molar-refractivity contribution in [2.75, 3.05) is 25.7 Å². The smallest absolute Gasteiger partial charge is 0.229 e. The van der Waals surface area contributed by atoms with Crippen LogP contribution in [0.15, 0.2) is 24.3 Å². The van der Waals surface area contributed by atoms with Crippen LogP contribution in [0.3, 0.4) is 0 Å². The second-order valence-corrected chi connectivity index (χ2v) is 3.12. The highest BCUT2D eigenvalue weighted by Crippen LogP contribution is 2.18. The highest BCUT2D eigenvalue weighted by molar-refractivity contribution is 5.92. The molecule has 4 heteroatoms. The molecule has 0 atom stereocenters. The van der Waals surface area contributed by atoms with Crippen LogP contribution >= 0.6 is 0 Å². The first-order chi connectivity index (χ1) is 7.19. The van der Waals surface area contributed by atoms with Crippen LogP contribution in [0.4, 0.5) is 5.69 Å². The lowest BCUT2D eigenvalue weighted by molar-refractivity contribution is -0.118. The summed E-state index contributed by atoms with van der Waals surface area (Å²) in [6.07, 6.45) is 0.141. The van der Waals surface area contributed by atoms with E-state index in [4.69, 9.17) is 9.84 Å². The second-order valence-electron chi connectivity index (χ2n) is 3.12. The van der Waals surface area contributed by atoms with Crippen LogP contribution < -0.4 is 9.64 Å². The first-order valence-corrected chi connectivity index (χ1v) is 4.70. The Labute approximate surface area is 89.1 Å². The fourth-order valence-corrected chi connectivity index (χ4v) is 1.21. The summed E-state index contributed by atoms with van der Waals surface area (Å²) in [4.78, 5) is 12.9. The number of carbonyl (C=O) groups is 1. The lowest BCUT2D eigenvalue weighted by Gasteiger charge is -2.16. The Hall–Kier alpha value is -1.55. The van der Waals surface area contributed by atoms with Crippen molar-refractivity contribution in [3.8, 4) is 5.75 Å². The molecule has 1 N–H and O–H groups in total. The third-order valence-electron chi connectivity index (χ3n) is 2.16. The van der Waals surface area contributed by atoms with Gasteiger partial charge < -0.3 is 14.7 Å². The number of nitrogens with zero attached hydrogens (tertiary/aromatic N) is 1. The molecule has 0 aliphatic heterocycles. The van der Waals surface area contributed by atoms with Crippen LogP contribution in [0.5, 0.6) is 5.75 Å². The van der Waals surface area contributed by atoms with Crippen molar-refractivity contribution < 1.29 is 14.6 Å². The van der Waals surface area contributed by atoms with E-state index >= 15 is 0 Å². The third kappa shape index (κ3) is 2.95. The van der Waals surface area contributed by atoms with Gasteiger partial charge in [-0.2, -0.15) is 0 Å². The summed E-state index contributed by atoms with van der Waals surface area (Å²) in [5, 5.41) is 8.65. The zero-order valence-electron chi connectivity index (χ0n) is 8.93. The van der Waals surface area contributed by atoms with E-state index in [9.17, 15) is 4.79 Å². The molecule has 1 aromatic carbocycles. The van der Waals surface area contributed by atoms with Gasteiger partial charge >= 0.3 is 0 Å². The van der Waals surface area contributed by atoms with E-state index in [0.717, 1.165) is 11.4 Å². The number of amides is 1. The predicted molar refractivity (Wildman–Crippen MR) is 58.1 cm³/mol. The van der Waals surface area contributed by atoms with Crippen LogP contribution in [0, 0.1) is 0 Å². The van der Waals surface area contributed by atoms with E-state index in [2.05, 4.69) is 0 Å². The fourth-order valence-electron chi connectivity index (χ4n) is 1.21. The van der Waals surface area contributed by atoms with E-state index in [1.54, 1.807) is 38.4 Å². The zero-order chi connectivity index (χ0) is 11.3. The second kappa shape index (κ2) is 5.36. The first-order valence-electron chi connectivity index (χ1n) is 4.70. The molecule has 1 rings (SSSR count). The van der Waals surface area contributed by atoms with E-state index in [1.807, 2.05) is 0 Å². The Morgan fingerprint density at radius 3 is 2.47 bits per heavy atom. The molecule has 0 saturated heterocycles. The van der Waals surface area contributed by atoms with Gasteiger partial charge in [-0.1, -0.05) is 0 Å². The number of aliphatic hydroxyl groups is 1. The van der Waals surface area contributed by atoms with E-state index in [0.29, 0.717) is 0 Å². The van der Waals surface area contributed by atoms with Crippen molar-refractivity contribution in [3.05, 3.63) is 24.3 Å². The van der Waals surface area contributed by atoms with Gasteiger partial charge in [-0.25, -0.2) is 0 Å². The Morgan fingerprint density at radius 1 is 1.40 bits per heavy atom. The van der Waals surface area contributed by atoms with E-state index < -0.39 is 0 Å². The summed E-state index contributed by atoms with van der Waals surface area (Å²) < 4.78 is 5.01. The van der Waals surface area contributed by atoms with Gasteiger partial charge in [0.2, 0.25) is 5.91 Å². The molecule has 0 unspecified atom stereocenters. The number of anilines is 1. The van der Waals surface area contributed by atoms with E-state index in [1.165, 1.54) is 4.90 Å². The summed E-state index contributed by atoms with van der Waals surface area (Å²) in [7, 11) is 3.27. The lowest BCUT2D eigenvalue weighted by atomic mass is 10.2. The Kier molecular flexibility index (Phi) is 4.12. The zero-order valence-corrected chi connectivity index (χ0v) is 8.93. The van der Waals surface area contributed by atoms with Crippen molar-refractivity contribution in [2.45, 2.75) is 6.42 Å². The number of ether oxygens (including phenoxy) is 1. The van der Waals surface area contributed by atoms with Gasteiger partial charge in [0.15, 0.2) is 0 Å². The highest BCUT2D eigenvalue weighted by atomic mass is 16.5. The number of rotatable bonds is 4. The molecule has 0 heterocycles. The van der Waals surface area contributed by atoms with Gasteiger partial charge in [-0.15, -0.1) is 0 Å². The van der Waals surface area contributed by atoms with Crippen molar-refractivity contribution in [3.63, 3.8) is 0 Å². The Balaban J connectivity index is 2.73. The topological polar surface area (TPSA) is 49.8 Å². The average Bonchev–Trinajstić information content (AvgIpc) is 2.28. The number of hydrogen-bond acceptors (Lipinski definition) is 3. The maximum atomic E-state index is 11.4. The largest absolute Gasteiger partial charge is 0.497 e. The maximum absolute atomic E-state index is 11.4. The van der Waals surface area contributed by atoms with Gasteiger partial charge in [-0.05, 0) is 24.3 Å². The fraction of sp³-hybridized carbons (Fsp3) is 0.364. The summed E-state index contributed by atoms with van der Waals surface area (Å²) in [6.45, 7) is -0.126. The standard InChI is InChI=1S/C11H15NO3/c1-12(11(14)7-8-13)9-3-5-10(15-2)6-4-9/h3-6,13H,7-8H2,1-2H3. The van der Waals surface area contributed by atoms with E-state index in [-0.39, 0.29) is 18.9 Å². The molecule has 1 amide bonds. The first kappa shape index (κ1) is 11.5. The molecule has 0 aliphatic carbocycles. The van der Waals surface area contributed by atoms with Gasteiger partial charge in [0.1, 0.15) is 5.75 Å². The Bertz CT molecular complexity index is 321. The summed E-state index contributed by atoms with van der Waals surface area (Å²) in [5.41, 5.74) is 0.786. The van der Waals surface area contributed by atoms with Crippen molar-refractivity contribution in [1.29, 1.82) is 0 Å². The molecular formula is C11H15NO3. The maximum Gasteiger partial charge on any atom is 0.229 e. The van der Waals surface area contributed by atoms with Gasteiger partial charge in [0, 0.05) is 12.7 Å². The van der Waals surface area contributed by atoms with Crippen molar-refractivity contribution >= 4 is 11.6 Å². The van der Waals surface area contributed by atoms with Gasteiger partial charge in [0.25, 0.3) is 0 Å². The molecule has 0 bridgehead atoms. The molecular weight excluding hydrogens is 194 g/mol. The minimum absolute atomic E-state index is 0.109. The van der Waals surface area contributed by atoms with Crippen molar-refractivity contribution in [2.24, 2.45) is 0 Å². The van der Waals surface area contributed by atoms with Gasteiger partial charge in [-0.3, -0.25) is 4.79 Å². The number of carbonyl (C=O) groups excluding carboxylic acids is 1. The van der Waals surface area contributed by atoms with Crippen LogP contribution in [0.1, 0.15) is 6.42 Å². The molecule has 0 aliphatic rings. The van der Waals surface area contributed by atoms with Crippen LogP contribution in [0.25, 0.3) is 0 Å². The minimum Gasteiger partial charge on any atom is -0.497 e. The molecule has 15 heavy (non-hydrogen) atoms. The number of benzene rings is 1. The average molecular weight is 209 g/mol.